The average Bonchev–Trinajstić information content (AvgIpc) is 3.20. The van der Waals surface area contributed by atoms with Crippen LogP contribution in [0.1, 0.15) is 5.56 Å². The first-order chi connectivity index (χ1) is 16.1. The van der Waals surface area contributed by atoms with E-state index in [1.807, 2.05) is 34.9 Å². The SMILES string of the molecule is COc1cccc(NC(=O)C(C#N)=Cc2cn(CC(=O)N3CCOCC3)c3ccccc23)c1. The number of ether oxygens (including phenoxy) is 2. The minimum atomic E-state index is -0.521. The number of rotatable bonds is 6. The second-order valence-corrected chi connectivity index (χ2v) is 7.58. The van der Waals surface area contributed by atoms with Gasteiger partial charge in [-0.05, 0) is 24.3 Å². The maximum Gasteiger partial charge on any atom is 0.266 e. The second-order valence-electron chi connectivity index (χ2n) is 7.58. The molecule has 2 aromatic carbocycles. The van der Waals surface area contributed by atoms with Gasteiger partial charge in [-0.25, -0.2) is 0 Å². The van der Waals surface area contributed by atoms with E-state index in [1.165, 1.54) is 0 Å². The van der Waals surface area contributed by atoms with Crippen molar-refractivity contribution < 1.29 is 19.1 Å². The Bertz CT molecular complexity index is 1250. The summed E-state index contributed by atoms with van der Waals surface area (Å²) in [6.45, 7) is 2.41. The molecule has 4 rings (SSSR count). The molecule has 1 aliphatic heterocycles. The molecule has 1 fully saturated rings. The first-order valence-corrected chi connectivity index (χ1v) is 10.6. The lowest BCUT2D eigenvalue weighted by Crippen LogP contribution is -2.42. The fourth-order valence-electron chi connectivity index (χ4n) is 3.78. The lowest BCUT2D eigenvalue weighted by Gasteiger charge is -2.27. The summed E-state index contributed by atoms with van der Waals surface area (Å²) < 4.78 is 12.4. The van der Waals surface area contributed by atoms with Crippen LogP contribution in [0.15, 0.2) is 60.3 Å². The van der Waals surface area contributed by atoms with E-state index >= 15 is 0 Å². The molecule has 1 N–H and O–H groups in total. The summed E-state index contributed by atoms with van der Waals surface area (Å²) in [4.78, 5) is 27.3. The van der Waals surface area contributed by atoms with Crippen LogP contribution in [0, 0.1) is 11.3 Å². The number of hydrogen-bond donors (Lipinski definition) is 1. The summed E-state index contributed by atoms with van der Waals surface area (Å²) in [7, 11) is 1.54. The van der Waals surface area contributed by atoms with Crippen LogP contribution in [0.5, 0.6) is 5.75 Å². The highest BCUT2D eigenvalue weighted by Crippen LogP contribution is 2.25. The monoisotopic (exact) mass is 444 g/mol. The Balaban J connectivity index is 1.60. The van der Waals surface area contributed by atoms with Gasteiger partial charge in [0, 0.05) is 47.5 Å². The van der Waals surface area contributed by atoms with E-state index in [0.717, 1.165) is 10.9 Å². The van der Waals surface area contributed by atoms with E-state index in [1.54, 1.807) is 48.5 Å². The normalized spacial score (nSPS) is 14.1. The van der Waals surface area contributed by atoms with Crippen molar-refractivity contribution in [3.63, 3.8) is 0 Å². The van der Waals surface area contributed by atoms with Crippen LogP contribution in [-0.4, -0.2) is 54.7 Å². The minimum absolute atomic E-state index is 0.00542. The summed E-state index contributed by atoms with van der Waals surface area (Å²) in [6.07, 6.45) is 3.35. The first kappa shape index (κ1) is 22.1. The third-order valence-electron chi connectivity index (χ3n) is 5.48. The number of hydrogen-bond acceptors (Lipinski definition) is 5. The number of nitrogens with zero attached hydrogens (tertiary/aromatic N) is 3. The quantitative estimate of drug-likeness (QED) is 0.466. The molecule has 2 amide bonds. The van der Waals surface area contributed by atoms with E-state index in [2.05, 4.69) is 5.32 Å². The number of aromatic nitrogens is 1. The highest BCUT2D eigenvalue weighted by Gasteiger charge is 2.19. The van der Waals surface area contributed by atoms with Crippen molar-refractivity contribution in [3.8, 4) is 11.8 Å². The van der Waals surface area contributed by atoms with Gasteiger partial charge >= 0.3 is 0 Å². The molecule has 1 aliphatic rings. The van der Waals surface area contributed by atoms with Crippen molar-refractivity contribution in [2.75, 3.05) is 38.7 Å². The van der Waals surface area contributed by atoms with E-state index < -0.39 is 5.91 Å². The van der Waals surface area contributed by atoms with Gasteiger partial charge in [-0.1, -0.05) is 24.3 Å². The molecule has 0 saturated carbocycles. The predicted molar refractivity (Wildman–Crippen MR) is 125 cm³/mol. The van der Waals surface area contributed by atoms with Gasteiger partial charge in [0.25, 0.3) is 5.91 Å². The molecule has 1 saturated heterocycles. The number of nitriles is 1. The Hall–Kier alpha value is -4.09. The Morgan fingerprint density at radius 2 is 1.97 bits per heavy atom. The summed E-state index contributed by atoms with van der Waals surface area (Å²) in [5.41, 5.74) is 2.04. The molecule has 0 unspecified atom stereocenters. The van der Waals surface area contributed by atoms with Crippen LogP contribution < -0.4 is 10.1 Å². The summed E-state index contributed by atoms with van der Waals surface area (Å²) in [6, 6.07) is 16.5. The summed E-state index contributed by atoms with van der Waals surface area (Å²) in [5, 5.41) is 13.2. The zero-order valence-electron chi connectivity index (χ0n) is 18.3. The molecule has 168 valence electrons. The van der Waals surface area contributed by atoms with E-state index in [-0.39, 0.29) is 18.0 Å². The van der Waals surface area contributed by atoms with Crippen LogP contribution in [0.2, 0.25) is 0 Å². The minimum Gasteiger partial charge on any atom is -0.497 e. The highest BCUT2D eigenvalue weighted by atomic mass is 16.5. The maximum absolute atomic E-state index is 12.8. The third-order valence-corrected chi connectivity index (χ3v) is 5.48. The molecular weight excluding hydrogens is 420 g/mol. The number of amides is 2. The second kappa shape index (κ2) is 10.0. The standard InChI is InChI=1S/C25H24N4O4/c1-32-21-6-4-5-20(14-21)27-25(31)18(15-26)13-19-16-29(23-8-3-2-7-22(19)23)17-24(30)28-9-11-33-12-10-28/h2-8,13-14,16H,9-12,17H2,1H3,(H,27,31). The van der Waals surface area contributed by atoms with Gasteiger partial charge < -0.3 is 24.3 Å². The van der Waals surface area contributed by atoms with Crippen molar-refractivity contribution >= 4 is 34.5 Å². The average molecular weight is 444 g/mol. The molecule has 2 heterocycles. The molecule has 8 heteroatoms. The number of fused-ring (bicyclic) bond motifs is 1. The molecule has 3 aromatic rings. The lowest BCUT2D eigenvalue weighted by atomic mass is 10.1. The maximum atomic E-state index is 12.8. The molecular formula is C25H24N4O4. The fourth-order valence-corrected chi connectivity index (χ4v) is 3.78. The fraction of sp³-hybridized carbons (Fsp3) is 0.240. The van der Waals surface area contributed by atoms with Gasteiger partial charge in [0.05, 0.1) is 20.3 Å². The number of morpholine rings is 1. The Morgan fingerprint density at radius 1 is 1.18 bits per heavy atom. The molecule has 0 radical (unpaired) electrons. The number of nitrogens with one attached hydrogen (secondary N) is 1. The van der Waals surface area contributed by atoms with Crippen molar-refractivity contribution in [3.05, 3.63) is 65.9 Å². The molecule has 0 atom stereocenters. The number of para-hydroxylation sites is 1. The van der Waals surface area contributed by atoms with E-state index in [9.17, 15) is 14.9 Å². The van der Waals surface area contributed by atoms with Crippen LogP contribution >= 0.6 is 0 Å². The first-order valence-electron chi connectivity index (χ1n) is 10.6. The van der Waals surface area contributed by atoms with Gasteiger partial charge in [-0.2, -0.15) is 5.26 Å². The number of carbonyl (C=O) groups is 2. The van der Waals surface area contributed by atoms with E-state index in [4.69, 9.17) is 9.47 Å². The molecule has 33 heavy (non-hydrogen) atoms. The summed E-state index contributed by atoms with van der Waals surface area (Å²) in [5.74, 6) is 0.0844. The van der Waals surface area contributed by atoms with Gasteiger partial charge in [0.2, 0.25) is 5.91 Å². The van der Waals surface area contributed by atoms with E-state index in [0.29, 0.717) is 43.3 Å². The van der Waals surface area contributed by atoms with Crippen molar-refractivity contribution in [1.29, 1.82) is 5.26 Å². The Labute approximate surface area is 191 Å². The van der Waals surface area contributed by atoms with Crippen molar-refractivity contribution in [2.24, 2.45) is 0 Å². The predicted octanol–water partition coefficient (Wildman–Crippen LogP) is 3.05. The zero-order valence-corrected chi connectivity index (χ0v) is 18.3. The number of benzene rings is 2. The Morgan fingerprint density at radius 3 is 2.73 bits per heavy atom. The molecule has 0 spiro atoms. The summed E-state index contributed by atoms with van der Waals surface area (Å²) >= 11 is 0. The van der Waals surface area contributed by atoms with Crippen molar-refractivity contribution in [2.45, 2.75) is 6.54 Å². The number of carbonyl (C=O) groups excluding carboxylic acids is 2. The molecule has 0 aliphatic carbocycles. The van der Waals surface area contributed by atoms with Crippen molar-refractivity contribution in [1.82, 2.24) is 9.47 Å². The zero-order chi connectivity index (χ0) is 23.2. The Kier molecular flexibility index (Phi) is 6.72. The third kappa shape index (κ3) is 5.05. The van der Waals surface area contributed by atoms with Crippen LogP contribution in [-0.2, 0) is 20.9 Å². The molecule has 8 nitrogen and oxygen atoms in total. The van der Waals surface area contributed by atoms with Crippen LogP contribution in [0.4, 0.5) is 5.69 Å². The largest absolute Gasteiger partial charge is 0.497 e. The van der Waals surface area contributed by atoms with Gasteiger partial charge in [0.1, 0.15) is 23.9 Å². The van der Waals surface area contributed by atoms with Crippen LogP contribution in [0.25, 0.3) is 17.0 Å². The van der Waals surface area contributed by atoms with Gasteiger partial charge in [-0.3, -0.25) is 9.59 Å². The molecule has 1 aromatic heterocycles. The number of anilines is 1. The lowest BCUT2D eigenvalue weighted by molar-refractivity contribution is -0.135. The van der Waals surface area contributed by atoms with Gasteiger partial charge in [-0.15, -0.1) is 0 Å². The smallest absolute Gasteiger partial charge is 0.266 e. The highest BCUT2D eigenvalue weighted by molar-refractivity contribution is 6.10. The number of methoxy groups -OCH3 is 1. The van der Waals surface area contributed by atoms with Crippen LogP contribution in [0.3, 0.4) is 0 Å². The van der Waals surface area contributed by atoms with Gasteiger partial charge in [0.15, 0.2) is 0 Å². The molecule has 0 bridgehead atoms. The topological polar surface area (TPSA) is 96.6 Å².